The maximum Gasteiger partial charge on any atom is 0.341 e. The molecule has 0 spiro atoms. The average molecular weight is 544 g/mol. The van der Waals surface area contributed by atoms with Gasteiger partial charge in [0, 0.05) is 12.8 Å². The fourth-order valence-electron chi connectivity index (χ4n) is 4.74. The van der Waals surface area contributed by atoms with Gasteiger partial charge in [0.15, 0.2) is 0 Å². The zero-order valence-electron chi connectivity index (χ0n) is 22.0. The summed E-state index contributed by atoms with van der Waals surface area (Å²) in [5.74, 6) is 0.690. The fraction of sp³-hybridized carbons (Fsp3) is 0.233. The number of hydrogen-bond acceptors (Lipinski definition) is 7. The van der Waals surface area contributed by atoms with Crippen molar-refractivity contribution >= 4 is 28.3 Å². The molecule has 0 fully saturated rings. The first-order valence-electron chi connectivity index (χ1n) is 12.7. The Bertz CT molecular complexity index is 1700. The molecule has 5 aromatic rings. The van der Waals surface area contributed by atoms with E-state index >= 15 is 0 Å². The monoisotopic (exact) mass is 543 g/mol. The number of esters is 1. The molecule has 0 aliphatic heterocycles. The first kappa shape index (κ1) is 26.2. The van der Waals surface area contributed by atoms with Crippen molar-refractivity contribution in [3.8, 4) is 22.8 Å². The molecule has 0 bridgehead atoms. The predicted molar refractivity (Wildman–Crippen MR) is 152 cm³/mol. The van der Waals surface area contributed by atoms with Crippen molar-refractivity contribution in [1.82, 2.24) is 14.5 Å². The Morgan fingerprint density at radius 2 is 1.90 bits per heavy atom. The van der Waals surface area contributed by atoms with Gasteiger partial charge < -0.3 is 19.1 Å². The normalized spacial score (nSPS) is 11.2. The van der Waals surface area contributed by atoms with Crippen molar-refractivity contribution < 1.29 is 19.4 Å². The third-order valence-electron chi connectivity index (χ3n) is 6.63. The highest BCUT2D eigenvalue weighted by Gasteiger charge is 2.18. The van der Waals surface area contributed by atoms with Gasteiger partial charge in [-0.3, -0.25) is 9.78 Å². The van der Waals surface area contributed by atoms with Gasteiger partial charge in [-0.2, -0.15) is 0 Å². The van der Waals surface area contributed by atoms with E-state index < -0.39 is 5.97 Å². The van der Waals surface area contributed by atoms with E-state index in [0.29, 0.717) is 30.2 Å². The molecule has 0 aliphatic rings. The number of rotatable bonds is 9. The Labute approximate surface area is 229 Å². The minimum atomic E-state index is -0.524. The van der Waals surface area contributed by atoms with Crippen LogP contribution in [0.5, 0.6) is 11.6 Å². The maximum absolute atomic E-state index is 12.6. The number of benzene rings is 3. The van der Waals surface area contributed by atoms with Gasteiger partial charge in [-0.25, -0.2) is 9.78 Å². The molecule has 3 aromatic carbocycles. The summed E-state index contributed by atoms with van der Waals surface area (Å²) in [4.78, 5) is 31.5. The number of methoxy groups -OCH3 is 1. The lowest BCUT2D eigenvalue weighted by molar-refractivity contribution is 0.0595. The lowest BCUT2D eigenvalue weighted by Gasteiger charge is -2.14. The highest BCUT2D eigenvalue weighted by molar-refractivity contribution is 7.09. The number of aryl methyl sites for hydroxylation is 2. The molecule has 8 nitrogen and oxygen atoms in total. The number of nitrogens with one attached hydrogen (secondary N) is 1. The van der Waals surface area contributed by atoms with Crippen LogP contribution < -0.4 is 9.61 Å². The van der Waals surface area contributed by atoms with Crippen LogP contribution in [0.1, 0.15) is 39.1 Å². The van der Waals surface area contributed by atoms with Gasteiger partial charge >= 0.3 is 10.8 Å². The SMILES string of the molecule is CCc1nc2c(C)cc(-c3ccccc3)cc2n1CCOc1ccc(Cc2sc(=O)[nH]c2O)cc1C(=O)OC. The van der Waals surface area contributed by atoms with E-state index in [0.717, 1.165) is 56.9 Å². The third kappa shape index (κ3) is 5.44. The van der Waals surface area contributed by atoms with Crippen LogP contribution in [0.2, 0.25) is 0 Å². The van der Waals surface area contributed by atoms with Crippen LogP contribution in [0.15, 0.2) is 65.5 Å². The van der Waals surface area contributed by atoms with E-state index in [1.807, 2.05) is 24.3 Å². The Balaban J connectivity index is 1.40. The van der Waals surface area contributed by atoms with Gasteiger partial charge in [0.2, 0.25) is 5.88 Å². The van der Waals surface area contributed by atoms with Crippen molar-refractivity contribution in [1.29, 1.82) is 0 Å². The topological polar surface area (TPSA) is 106 Å². The number of aromatic amines is 1. The predicted octanol–water partition coefficient (Wildman–Crippen LogP) is 5.49. The van der Waals surface area contributed by atoms with Gasteiger partial charge in [-0.15, -0.1) is 0 Å². The van der Waals surface area contributed by atoms with E-state index in [9.17, 15) is 14.7 Å². The highest BCUT2D eigenvalue weighted by Crippen LogP contribution is 2.29. The van der Waals surface area contributed by atoms with E-state index in [1.54, 1.807) is 12.1 Å². The molecule has 9 heteroatoms. The number of hydrogen-bond donors (Lipinski definition) is 2. The largest absolute Gasteiger partial charge is 0.494 e. The summed E-state index contributed by atoms with van der Waals surface area (Å²) in [6, 6.07) is 19.8. The quantitative estimate of drug-likeness (QED) is 0.238. The molecule has 0 saturated carbocycles. The number of nitrogens with zero attached hydrogens (tertiary/aromatic N) is 2. The van der Waals surface area contributed by atoms with Crippen molar-refractivity contribution in [2.24, 2.45) is 0 Å². The van der Waals surface area contributed by atoms with Crippen LogP contribution in [-0.4, -0.2) is 39.3 Å². The first-order valence-corrected chi connectivity index (χ1v) is 13.5. The number of aromatic nitrogens is 3. The van der Waals surface area contributed by atoms with Gasteiger partial charge in [0.25, 0.3) is 0 Å². The molecule has 0 saturated heterocycles. The molecule has 2 N–H and O–H groups in total. The number of fused-ring (bicyclic) bond motifs is 1. The lowest BCUT2D eigenvalue weighted by Crippen LogP contribution is -2.13. The number of ether oxygens (including phenoxy) is 2. The van der Waals surface area contributed by atoms with Crippen molar-refractivity contribution in [3.05, 3.63) is 97.7 Å². The van der Waals surface area contributed by atoms with Gasteiger partial charge in [-0.05, 0) is 53.4 Å². The Morgan fingerprint density at radius 1 is 1.10 bits per heavy atom. The van der Waals surface area contributed by atoms with Crippen LogP contribution in [0.25, 0.3) is 22.2 Å². The molecular weight excluding hydrogens is 514 g/mol. The lowest BCUT2D eigenvalue weighted by atomic mass is 10.0. The summed E-state index contributed by atoms with van der Waals surface area (Å²) < 4.78 is 13.3. The van der Waals surface area contributed by atoms with Gasteiger partial charge in [0.05, 0.1) is 29.6 Å². The van der Waals surface area contributed by atoms with Gasteiger partial charge in [-0.1, -0.05) is 54.7 Å². The molecule has 39 heavy (non-hydrogen) atoms. The molecule has 2 aromatic heterocycles. The number of imidazole rings is 1. The van der Waals surface area contributed by atoms with Crippen LogP contribution >= 0.6 is 11.3 Å². The summed E-state index contributed by atoms with van der Waals surface area (Å²) in [5, 5.41) is 9.93. The van der Waals surface area contributed by atoms with Crippen molar-refractivity contribution in [3.63, 3.8) is 0 Å². The molecule has 0 aliphatic carbocycles. The molecule has 200 valence electrons. The zero-order valence-corrected chi connectivity index (χ0v) is 22.8. The van der Waals surface area contributed by atoms with Crippen molar-refractivity contribution in [2.45, 2.75) is 33.2 Å². The molecule has 5 rings (SSSR count). The Morgan fingerprint density at radius 3 is 2.59 bits per heavy atom. The first-order chi connectivity index (χ1) is 18.9. The number of aromatic hydroxyl groups is 1. The van der Waals surface area contributed by atoms with E-state index in [4.69, 9.17) is 14.5 Å². The fourth-order valence-corrected chi connectivity index (χ4v) is 5.50. The summed E-state index contributed by atoms with van der Waals surface area (Å²) in [7, 11) is 1.32. The Kier molecular flexibility index (Phi) is 7.51. The molecule has 0 atom stereocenters. The number of thiazole rings is 1. The molecule has 2 heterocycles. The number of H-pyrrole nitrogens is 1. The van der Waals surface area contributed by atoms with E-state index in [-0.39, 0.29) is 16.3 Å². The summed E-state index contributed by atoms with van der Waals surface area (Å²) in [5.41, 5.74) is 6.43. The van der Waals surface area contributed by atoms with Gasteiger partial charge in [0.1, 0.15) is 23.7 Å². The summed E-state index contributed by atoms with van der Waals surface area (Å²) in [6.45, 7) is 5.03. The second-order valence-electron chi connectivity index (χ2n) is 9.19. The molecule has 0 amide bonds. The molecule has 0 unspecified atom stereocenters. The molecular formula is C30H29N3O5S. The smallest absolute Gasteiger partial charge is 0.341 e. The van der Waals surface area contributed by atoms with Crippen LogP contribution in [0.4, 0.5) is 0 Å². The van der Waals surface area contributed by atoms with Crippen molar-refractivity contribution in [2.75, 3.05) is 13.7 Å². The second kappa shape index (κ2) is 11.2. The highest BCUT2D eigenvalue weighted by atomic mass is 32.1. The minimum absolute atomic E-state index is 0.158. The maximum atomic E-state index is 12.6. The third-order valence-corrected chi connectivity index (χ3v) is 7.51. The molecule has 0 radical (unpaired) electrons. The minimum Gasteiger partial charge on any atom is -0.494 e. The van der Waals surface area contributed by atoms with Crippen LogP contribution in [0.3, 0.4) is 0 Å². The summed E-state index contributed by atoms with van der Waals surface area (Å²) in [6.07, 6.45) is 1.07. The number of carbonyl (C=O) groups is 1. The van der Waals surface area contributed by atoms with Crippen LogP contribution in [-0.2, 0) is 24.1 Å². The van der Waals surface area contributed by atoms with E-state index in [1.165, 1.54) is 7.11 Å². The second-order valence-corrected chi connectivity index (χ2v) is 10.3. The van der Waals surface area contributed by atoms with E-state index in [2.05, 4.69) is 47.7 Å². The Hall–Kier alpha value is -4.37. The zero-order chi connectivity index (χ0) is 27.5. The summed E-state index contributed by atoms with van der Waals surface area (Å²) >= 11 is 0.933. The van der Waals surface area contributed by atoms with Crippen LogP contribution in [0, 0.1) is 6.92 Å². The standard InChI is InChI=1S/C30H29N3O5S/c1-4-26-31-27-18(2)14-21(20-8-6-5-7-9-20)17-23(27)33(26)12-13-38-24-11-10-19(15-22(24)29(35)37-3)16-25-28(34)32-30(36)39-25/h5-11,14-15,17,34H,4,12-13,16H2,1-3H3,(H,32,36). The number of carbonyl (C=O) groups excluding carboxylic acids is 1. The average Bonchev–Trinajstić information content (AvgIpc) is 3.47.